The molecule has 100 valence electrons. The van der Waals surface area contributed by atoms with Crippen LogP contribution in [0.3, 0.4) is 0 Å². The van der Waals surface area contributed by atoms with E-state index in [9.17, 15) is 4.79 Å². The fourth-order valence-electron chi connectivity index (χ4n) is 1.75. The summed E-state index contributed by atoms with van der Waals surface area (Å²) in [6.07, 6.45) is 0.429. The van der Waals surface area contributed by atoms with Crippen LogP contribution in [0.2, 0.25) is 0 Å². The standard InChI is InChI=1S/C11H24N4O2/c1-10(2)17-11(16)15(7-3-4-12)14-8-5-13-6-9-14/h10,13H,3-9,12H2,1-2H3. The Bertz CT molecular complexity index is 230. The van der Waals surface area contributed by atoms with Gasteiger partial charge in [-0.1, -0.05) is 0 Å². The molecule has 3 N–H and O–H groups in total. The first-order chi connectivity index (χ1) is 8.15. The molecule has 1 saturated heterocycles. The molecule has 0 aromatic rings. The summed E-state index contributed by atoms with van der Waals surface area (Å²) in [6.45, 7) is 8.38. The van der Waals surface area contributed by atoms with Crippen molar-refractivity contribution in [1.29, 1.82) is 0 Å². The van der Waals surface area contributed by atoms with Gasteiger partial charge in [0.25, 0.3) is 0 Å². The second-order valence-corrected chi connectivity index (χ2v) is 4.40. The van der Waals surface area contributed by atoms with Gasteiger partial charge >= 0.3 is 6.09 Å². The van der Waals surface area contributed by atoms with E-state index in [2.05, 4.69) is 5.32 Å². The molecule has 17 heavy (non-hydrogen) atoms. The van der Waals surface area contributed by atoms with Gasteiger partial charge in [0.2, 0.25) is 0 Å². The molecule has 0 atom stereocenters. The number of hydrazine groups is 1. The van der Waals surface area contributed by atoms with Crippen LogP contribution in [0.1, 0.15) is 20.3 Å². The highest BCUT2D eigenvalue weighted by molar-refractivity contribution is 5.67. The van der Waals surface area contributed by atoms with Gasteiger partial charge in [-0.05, 0) is 26.8 Å². The Kier molecular flexibility index (Phi) is 6.25. The van der Waals surface area contributed by atoms with Crippen molar-refractivity contribution in [3.8, 4) is 0 Å². The second kappa shape index (κ2) is 7.47. The summed E-state index contributed by atoms with van der Waals surface area (Å²) >= 11 is 0. The normalized spacial score (nSPS) is 17.2. The van der Waals surface area contributed by atoms with Gasteiger partial charge in [-0.25, -0.2) is 14.8 Å². The van der Waals surface area contributed by atoms with Gasteiger partial charge in [-0.15, -0.1) is 0 Å². The highest BCUT2D eigenvalue weighted by Crippen LogP contribution is 2.06. The minimum Gasteiger partial charge on any atom is -0.446 e. The van der Waals surface area contributed by atoms with Crippen LogP contribution in [-0.2, 0) is 4.74 Å². The molecule has 0 aromatic heterocycles. The molecule has 1 amide bonds. The molecule has 1 heterocycles. The van der Waals surface area contributed by atoms with Gasteiger partial charge in [0.1, 0.15) is 0 Å². The topological polar surface area (TPSA) is 70.8 Å². The number of nitrogens with one attached hydrogen (secondary N) is 1. The largest absolute Gasteiger partial charge is 0.446 e. The lowest BCUT2D eigenvalue weighted by molar-refractivity contribution is -0.0378. The smallest absolute Gasteiger partial charge is 0.424 e. The molecule has 0 saturated carbocycles. The minimum absolute atomic E-state index is 0.0919. The van der Waals surface area contributed by atoms with Crippen molar-refractivity contribution < 1.29 is 9.53 Å². The van der Waals surface area contributed by atoms with E-state index in [1.807, 2.05) is 18.9 Å². The monoisotopic (exact) mass is 244 g/mol. The van der Waals surface area contributed by atoms with Crippen LogP contribution >= 0.6 is 0 Å². The van der Waals surface area contributed by atoms with E-state index in [1.54, 1.807) is 5.01 Å². The molecule has 0 unspecified atom stereocenters. The van der Waals surface area contributed by atoms with E-state index < -0.39 is 0 Å². The molecule has 1 fully saturated rings. The molecule has 0 radical (unpaired) electrons. The van der Waals surface area contributed by atoms with Crippen molar-refractivity contribution in [2.24, 2.45) is 5.73 Å². The fourth-order valence-corrected chi connectivity index (χ4v) is 1.75. The number of piperazine rings is 1. The first-order valence-corrected chi connectivity index (χ1v) is 6.29. The number of nitrogens with two attached hydrogens (primary N) is 1. The number of ether oxygens (including phenoxy) is 1. The molecule has 6 heteroatoms. The number of carbonyl (C=O) groups is 1. The molecule has 0 bridgehead atoms. The van der Waals surface area contributed by atoms with Crippen LogP contribution in [-0.4, -0.2) is 61.5 Å². The highest BCUT2D eigenvalue weighted by Gasteiger charge is 2.24. The van der Waals surface area contributed by atoms with E-state index in [1.165, 1.54) is 0 Å². The molecule has 0 spiro atoms. The van der Waals surface area contributed by atoms with Crippen LogP contribution in [0.25, 0.3) is 0 Å². The number of carbonyl (C=O) groups excluding carboxylic acids is 1. The number of hydrogen-bond donors (Lipinski definition) is 2. The highest BCUT2D eigenvalue weighted by atomic mass is 16.6. The molecule has 1 aliphatic rings. The van der Waals surface area contributed by atoms with E-state index in [4.69, 9.17) is 10.5 Å². The van der Waals surface area contributed by atoms with Gasteiger partial charge in [0, 0.05) is 32.7 Å². The molecule has 1 aliphatic heterocycles. The zero-order chi connectivity index (χ0) is 12.7. The zero-order valence-electron chi connectivity index (χ0n) is 10.8. The van der Waals surface area contributed by atoms with Gasteiger partial charge in [0.15, 0.2) is 0 Å². The third kappa shape index (κ3) is 4.89. The molecule has 6 nitrogen and oxygen atoms in total. The van der Waals surface area contributed by atoms with E-state index >= 15 is 0 Å². The molecule has 1 rings (SSSR count). The van der Waals surface area contributed by atoms with Crippen LogP contribution in [0.15, 0.2) is 0 Å². The van der Waals surface area contributed by atoms with E-state index in [-0.39, 0.29) is 12.2 Å². The summed E-state index contributed by atoms with van der Waals surface area (Å²) in [4.78, 5) is 12.0. The summed E-state index contributed by atoms with van der Waals surface area (Å²) in [5.74, 6) is 0. The summed E-state index contributed by atoms with van der Waals surface area (Å²) in [7, 11) is 0. The zero-order valence-corrected chi connectivity index (χ0v) is 10.8. The van der Waals surface area contributed by atoms with E-state index in [0.717, 1.165) is 32.6 Å². The van der Waals surface area contributed by atoms with Gasteiger partial charge in [0.05, 0.1) is 6.10 Å². The van der Waals surface area contributed by atoms with Crippen molar-refractivity contribution in [2.75, 3.05) is 39.3 Å². The Morgan fingerprint density at radius 3 is 2.65 bits per heavy atom. The maximum atomic E-state index is 12.0. The van der Waals surface area contributed by atoms with Crippen molar-refractivity contribution in [2.45, 2.75) is 26.4 Å². The first kappa shape index (κ1) is 14.2. The molecular formula is C11H24N4O2. The Balaban J connectivity index is 2.54. The van der Waals surface area contributed by atoms with Crippen molar-refractivity contribution in [3.63, 3.8) is 0 Å². The summed E-state index contributed by atoms with van der Waals surface area (Å²) in [5, 5.41) is 6.99. The molecular weight excluding hydrogens is 220 g/mol. The number of rotatable bonds is 5. The first-order valence-electron chi connectivity index (χ1n) is 6.29. The van der Waals surface area contributed by atoms with E-state index in [0.29, 0.717) is 13.1 Å². The Morgan fingerprint density at radius 2 is 2.12 bits per heavy atom. The number of hydrogen-bond acceptors (Lipinski definition) is 5. The molecule has 0 aliphatic carbocycles. The Morgan fingerprint density at radius 1 is 1.47 bits per heavy atom. The number of nitrogens with zero attached hydrogens (tertiary/aromatic N) is 2. The summed E-state index contributed by atoms with van der Waals surface area (Å²) in [6, 6.07) is 0. The van der Waals surface area contributed by atoms with Crippen LogP contribution in [0.4, 0.5) is 4.79 Å². The van der Waals surface area contributed by atoms with Crippen molar-refractivity contribution >= 4 is 6.09 Å². The van der Waals surface area contributed by atoms with Crippen LogP contribution in [0, 0.1) is 0 Å². The predicted molar refractivity (Wildman–Crippen MR) is 66.4 cm³/mol. The average molecular weight is 244 g/mol. The maximum Gasteiger partial charge on any atom is 0.424 e. The predicted octanol–water partition coefficient (Wildman–Crippen LogP) is 0.00240. The summed E-state index contributed by atoms with van der Waals surface area (Å²) < 4.78 is 5.25. The van der Waals surface area contributed by atoms with Gasteiger partial charge in [-0.2, -0.15) is 0 Å². The van der Waals surface area contributed by atoms with Gasteiger partial charge < -0.3 is 15.8 Å². The maximum absolute atomic E-state index is 12.0. The SMILES string of the molecule is CC(C)OC(=O)N(CCCN)N1CCNCC1. The molecule has 0 aromatic carbocycles. The number of amides is 1. The minimum atomic E-state index is -0.268. The van der Waals surface area contributed by atoms with Crippen LogP contribution in [0.5, 0.6) is 0 Å². The van der Waals surface area contributed by atoms with Crippen LogP contribution < -0.4 is 11.1 Å². The quantitative estimate of drug-likeness (QED) is 0.712. The van der Waals surface area contributed by atoms with Gasteiger partial charge in [-0.3, -0.25) is 0 Å². The second-order valence-electron chi connectivity index (χ2n) is 4.40. The third-order valence-corrected chi connectivity index (χ3v) is 2.56. The lowest BCUT2D eigenvalue weighted by Gasteiger charge is -2.37. The Hall–Kier alpha value is -0.850. The lowest BCUT2D eigenvalue weighted by atomic mass is 10.4. The fraction of sp³-hybridized carbons (Fsp3) is 0.909. The third-order valence-electron chi connectivity index (χ3n) is 2.56. The Labute approximate surface area is 103 Å². The lowest BCUT2D eigenvalue weighted by Crippen LogP contribution is -2.55. The van der Waals surface area contributed by atoms with Crippen molar-refractivity contribution in [3.05, 3.63) is 0 Å². The summed E-state index contributed by atoms with van der Waals surface area (Å²) in [5.41, 5.74) is 5.50. The average Bonchev–Trinajstić information content (AvgIpc) is 2.30. The van der Waals surface area contributed by atoms with Crippen molar-refractivity contribution in [1.82, 2.24) is 15.3 Å².